The van der Waals surface area contributed by atoms with Gasteiger partial charge in [-0.1, -0.05) is 28.1 Å². The predicted molar refractivity (Wildman–Crippen MR) is 146 cm³/mol. The Bertz CT molecular complexity index is 1170. The highest BCUT2D eigenvalue weighted by molar-refractivity contribution is 9.10. The zero-order valence-electron chi connectivity index (χ0n) is 21.8. The van der Waals surface area contributed by atoms with Crippen LogP contribution in [-0.4, -0.2) is 87.5 Å². The van der Waals surface area contributed by atoms with Crippen LogP contribution in [-0.2, 0) is 26.1 Å². The van der Waals surface area contributed by atoms with Crippen molar-refractivity contribution in [2.75, 3.05) is 53.0 Å². The van der Waals surface area contributed by atoms with E-state index in [1.54, 1.807) is 37.4 Å². The number of carbonyl (C=O) groups excluding carboxylic acids is 1. The molecular weight excluding hydrogens is 558 g/mol. The molecule has 202 valence electrons. The molecule has 2 heterocycles. The summed E-state index contributed by atoms with van der Waals surface area (Å²) in [4.78, 5) is 17.3. The molecule has 8 nitrogen and oxygen atoms in total. The largest absolute Gasteiger partial charge is 0.497 e. The van der Waals surface area contributed by atoms with Crippen LogP contribution >= 0.6 is 15.9 Å². The maximum absolute atomic E-state index is 13.6. The summed E-state index contributed by atoms with van der Waals surface area (Å²) in [7, 11) is -2.11. The molecule has 1 amide bonds. The summed E-state index contributed by atoms with van der Waals surface area (Å²) in [6.07, 6.45) is 1.49. The quantitative estimate of drug-likeness (QED) is 0.442. The fraction of sp³-hybridized carbons (Fsp3) is 0.519. The molecule has 2 saturated heterocycles. The third-order valence-electron chi connectivity index (χ3n) is 7.14. The van der Waals surface area contributed by atoms with Crippen LogP contribution < -0.4 is 4.74 Å². The first-order chi connectivity index (χ1) is 17.7. The lowest BCUT2D eigenvalue weighted by Gasteiger charge is -2.35. The molecule has 2 aliphatic rings. The van der Waals surface area contributed by atoms with E-state index in [-0.39, 0.29) is 25.2 Å². The maximum Gasteiger partial charge on any atom is 0.248 e. The van der Waals surface area contributed by atoms with E-state index in [9.17, 15) is 13.2 Å². The topological polar surface area (TPSA) is 79.4 Å². The molecule has 2 aromatic carbocycles. The van der Waals surface area contributed by atoms with Crippen LogP contribution in [0.5, 0.6) is 5.75 Å². The van der Waals surface area contributed by atoms with Crippen molar-refractivity contribution in [1.29, 1.82) is 0 Å². The van der Waals surface area contributed by atoms with Crippen molar-refractivity contribution in [3.8, 4) is 5.75 Å². The number of hydrogen-bond donors (Lipinski definition) is 0. The molecule has 2 aliphatic heterocycles. The van der Waals surface area contributed by atoms with E-state index in [0.717, 1.165) is 36.9 Å². The first-order valence-electron chi connectivity index (χ1n) is 12.7. The Hall–Kier alpha value is -1.98. The Balaban J connectivity index is 1.27. The van der Waals surface area contributed by atoms with Gasteiger partial charge in [0.05, 0.1) is 18.6 Å². The Morgan fingerprint density at radius 3 is 2.30 bits per heavy atom. The van der Waals surface area contributed by atoms with Crippen molar-refractivity contribution in [2.24, 2.45) is 0 Å². The Morgan fingerprint density at radius 2 is 1.68 bits per heavy atom. The van der Waals surface area contributed by atoms with Gasteiger partial charge >= 0.3 is 0 Å². The number of ether oxygens (including phenoxy) is 2. The summed E-state index contributed by atoms with van der Waals surface area (Å²) < 4.78 is 40.8. The molecule has 10 heteroatoms. The number of amides is 1. The molecule has 0 spiro atoms. The molecule has 0 aromatic heterocycles. The Labute approximate surface area is 228 Å². The summed E-state index contributed by atoms with van der Waals surface area (Å²) in [5.74, 6) is 0.598. The number of halogens is 1. The standard InChI is InChI=1S/C27H36BrN3O5S/c1-20-15-25(35-3)16-21(2)27(20)37(33,34)31-10-4-5-24(31)18-36-19-26(32)30-13-11-29(12-14-30)17-22-6-8-23(28)9-7-22/h6-9,15-16,24H,4-5,10-14,17-19H2,1-3H3. The van der Waals surface area contributed by atoms with Gasteiger partial charge in [0.15, 0.2) is 0 Å². The molecule has 2 fully saturated rings. The second-order valence-corrected chi connectivity index (χ2v) is 12.5. The van der Waals surface area contributed by atoms with Gasteiger partial charge in [-0.3, -0.25) is 9.69 Å². The smallest absolute Gasteiger partial charge is 0.248 e. The van der Waals surface area contributed by atoms with Gasteiger partial charge in [-0.15, -0.1) is 0 Å². The zero-order chi connectivity index (χ0) is 26.6. The van der Waals surface area contributed by atoms with Crippen molar-refractivity contribution >= 4 is 31.9 Å². The van der Waals surface area contributed by atoms with Crippen LogP contribution in [0.3, 0.4) is 0 Å². The average Bonchev–Trinajstić information content (AvgIpc) is 3.35. The zero-order valence-corrected chi connectivity index (χ0v) is 24.2. The first-order valence-corrected chi connectivity index (χ1v) is 14.9. The monoisotopic (exact) mass is 593 g/mol. The molecule has 1 unspecified atom stereocenters. The van der Waals surface area contributed by atoms with E-state index in [1.165, 1.54) is 5.56 Å². The van der Waals surface area contributed by atoms with Crippen LogP contribution in [0.1, 0.15) is 29.5 Å². The number of carbonyl (C=O) groups is 1. The number of aryl methyl sites for hydroxylation is 2. The van der Waals surface area contributed by atoms with Crippen LogP contribution in [0.15, 0.2) is 45.8 Å². The summed E-state index contributed by atoms with van der Waals surface area (Å²) in [6.45, 7) is 8.05. The van der Waals surface area contributed by atoms with Gasteiger partial charge in [0.2, 0.25) is 15.9 Å². The van der Waals surface area contributed by atoms with E-state index in [2.05, 4.69) is 33.0 Å². The minimum absolute atomic E-state index is 0.0301. The normalized spacial score (nSPS) is 19.4. The predicted octanol–water partition coefficient (Wildman–Crippen LogP) is 3.59. The summed E-state index contributed by atoms with van der Waals surface area (Å²) >= 11 is 3.46. The lowest BCUT2D eigenvalue weighted by atomic mass is 10.1. The van der Waals surface area contributed by atoms with E-state index >= 15 is 0 Å². The minimum Gasteiger partial charge on any atom is -0.497 e. The van der Waals surface area contributed by atoms with Gasteiger partial charge < -0.3 is 14.4 Å². The van der Waals surface area contributed by atoms with Crippen molar-refractivity contribution in [2.45, 2.75) is 44.2 Å². The fourth-order valence-electron chi connectivity index (χ4n) is 5.22. The molecule has 0 N–H and O–H groups in total. The molecule has 4 rings (SSSR count). The van der Waals surface area contributed by atoms with Gasteiger partial charge in [-0.2, -0.15) is 4.31 Å². The highest BCUT2D eigenvalue weighted by Crippen LogP contribution is 2.32. The van der Waals surface area contributed by atoms with Gasteiger partial charge in [-0.05, 0) is 67.6 Å². The highest BCUT2D eigenvalue weighted by atomic mass is 79.9. The SMILES string of the molecule is COc1cc(C)c(S(=O)(=O)N2CCCC2COCC(=O)N2CCN(Cc3ccc(Br)cc3)CC2)c(C)c1. The lowest BCUT2D eigenvalue weighted by molar-refractivity contribution is -0.138. The lowest BCUT2D eigenvalue weighted by Crippen LogP contribution is -2.49. The molecule has 0 saturated carbocycles. The number of rotatable bonds is 9. The number of hydrogen-bond acceptors (Lipinski definition) is 6. The van der Waals surface area contributed by atoms with Crippen LogP contribution in [0.4, 0.5) is 0 Å². The highest BCUT2D eigenvalue weighted by Gasteiger charge is 2.37. The molecule has 0 bridgehead atoms. The molecular formula is C27H36BrN3O5S. The van der Waals surface area contributed by atoms with Gasteiger partial charge in [-0.25, -0.2) is 8.42 Å². The number of sulfonamides is 1. The second kappa shape index (κ2) is 12.3. The molecule has 2 aromatic rings. The van der Waals surface area contributed by atoms with Crippen molar-refractivity contribution in [1.82, 2.24) is 14.1 Å². The average molecular weight is 595 g/mol. The minimum atomic E-state index is -3.69. The second-order valence-electron chi connectivity index (χ2n) is 9.80. The third kappa shape index (κ3) is 6.72. The Kier molecular flexibility index (Phi) is 9.29. The van der Waals surface area contributed by atoms with E-state index in [4.69, 9.17) is 9.47 Å². The number of nitrogens with zero attached hydrogens (tertiary/aromatic N) is 3. The molecule has 1 atom stereocenters. The summed E-state index contributed by atoms with van der Waals surface area (Å²) in [5.41, 5.74) is 2.58. The van der Waals surface area contributed by atoms with E-state index in [1.807, 2.05) is 17.0 Å². The van der Waals surface area contributed by atoms with Gasteiger partial charge in [0.1, 0.15) is 12.4 Å². The number of benzene rings is 2. The maximum atomic E-state index is 13.6. The van der Waals surface area contributed by atoms with Crippen molar-refractivity contribution in [3.05, 3.63) is 57.6 Å². The molecule has 0 aliphatic carbocycles. The van der Waals surface area contributed by atoms with E-state index in [0.29, 0.717) is 41.4 Å². The Morgan fingerprint density at radius 1 is 1.03 bits per heavy atom. The number of piperazine rings is 1. The fourth-order valence-corrected chi connectivity index (χ4v) is 7.58. The third-order valence-corrected chi connectivity index (χ3v) is 9.93. The van der Waals surface area contributed by atoms with Crippen LogP contribution in [0.2, 0.25) is 0 Å². The first kappa shape index (κ1) is 28.0. The molecule has 37 heavy (non-hydrogen) atoms. The van der Waals surface area contributed by atoms with Gasteiger partial charge in [0.25, 0.3) is 0 Å². The van der Waals surface area contributed by atoms with Crippen molar-refractivity contribution < 1.29 is 22.7 Å². The van der Waals surface area contributed by atoms with Crippen LogP contribution in [0, 0.1) is 13.8 Å². The number of methoxy groups -OCH3 is 1. The van der Waals surface area contributed by atoms with E-state index < -0.39 is 10.0 Å². The van der Waals surface area contributed by atoms with Crippen molar-refractivity contribution in [3.63, 3.8) is 0 Å². The van der Waals surface area contributed by atoms with Gasteiger partial charge in [0, 0.05) is 49.8 Å². The van der Waals surface area contributed by atoms with Crippen LogP contribution in [0.25, 0.3) is 0 Å². The summed E-state index contributed by atoms with van der Waals surface area (Å²) in [6, 6.07) is 11.5. The summed E-state index contributed by atoms with van der Waals surface area (Å²) in [5, 5.41) is 0. The molecule has 0 radical (unpaired) electrons.